The summed E-state index contributed by atoms with van der Waals surface area (Å²) in [5.41, 5.74) is 2.93. The van der Waals surface area contributed by atoms with Crippen molar-refractivity contribution in [3.8, 4) is 0 Å². The normalized spacial score (nSPS) is 19.3. The molecule has 2 rings (SSSR count). The van der Waals surface area contributed by atoms with E-state index in [1.807, 2.05) is 5.01 Å². The standard InChI is InChI=1S/C13H20N2/c1-11-4-2-3-5-13(11)10-12-6-8-15(14)9-7-12/h2-5,12H,6-10,14H2,1H3. The highest BCUT2D eigenvalue weighted by molar-refractivity contribution is 5.25. The first-order valence-corrected chi connectivity index (χ1v) is 5.80. The molecule has 1 aromatic rings. The Kier molecular flexibility index (Phi) is 3.39. The number of nitrogens with two attached hydrogens (primary N) is 1. The Labute approximate surface area is 92.1 Å². The van der Waals surface area contributed by atoms with Gasteiger partial charge in [0.25, 0.3) is 0 Å². The minimum atomic E-state index is 0.825. The zero-order chi connectivity index (χ0) is 10.7. The fourth-order valence-corrected chi connectivity index (χ4v) is 2.31. The Balaban J connectivity index is 1.95. The van der Waals surface area contributed by atoms with Crippen molar-refractivity contribution >= 4 is 0 Å². The molecule has 1 aliphatic heterocycles. The van der Waals surface area contributed by atoms with E-state index in [-0.39, 0.29) is 0 Å². The summed E-state index contributed by atoms with van der Waals surface area (Å²) in [6.07, 6.45) is 3.70. The first-order chi connectivity index (χ1) is 7.25. The number of hydrogen-bond acceptors (Lipinski definition) is 2. The predicted molar refractivity (Wildman–Crippen MR) is 63.4 cm³/mol. The topological polar surface area (TPSA) is 29.3 Å². The first-order valence-electron chi connectivity index (χ1n) is 5.80. The maximum absolute atomic E-state index is 5.75. The number of benzene rings is 1. The van der Waals surface area contributed by atoms with Gasteiger partial charge in [-0.1, -0.05) is 24.3 Å². The lowest BCUT2D eigenvalue weighted by atomic mass is 9.89. The van der Waals surface area contributed by atoms with Gasteiger partial charge in [0.1, 0.15) is 0 Å². The summed E-state index contributed by atoms with van der Waals surface area (Å²) >= 11 is 0. The van der Waals surface area contributed by atoms with Gasteiger partial charge in [0, 0.05) is 13.1 Å². The third-order valence-electron chi connectivity index (χ3n) is 3.42. The van der Waals surface area contributed by atoms with E-state index in [4.69, 9.17) is 5.84 Å². The molecule has 82 valence electrons. The summed E-state index contributed by atoms with van der Waals surface area (Å²) in [4.78, 5) is 0. The van der Waals surface area contributed by atoms with E-state index < -0.39 is 0 Å². The maximum Gasteiger partial charge on any atom is 0.0131 e. The molecular formula is C13H20N2. The highest BCUT2D eigenvalue weighted by Crippen LogP contribution is 2.21. The fraction of sp³-hybridized carbons (Fsp3) is 0.538. The summed E-state index contributed by atoms with van der Waals surface area (Å²) in [5.74, 6) is 6.58. The van der Waals surface area contributed by atoms with Crippen LogP contribution in [-0.4, -0.2) is 18.1 Å². The van der Waals surface area contributed by atoms with Gasteiger partial charge in [-0.3, -0.25) is 5.84 Å². The molecule has 2 N–H and O–H groups in total. The maximum atomic E-state index is 5.75. The molecule has 0 unspecified atom stereocenters. The molecule has 1 aromatic carbocycles. The molecule has 0 aromatic heterocycles. The van der Waals surface area contributed by atoms with Gasteiger partial charge in [-0.25, -0.2) is 5.01 Å². The fourth-order valence-electron chi connectivity index (χ4n) is 2.31. The van der Waals surface area contributed by atoms with Crippen molar-refractivity contribution in [1.82, 2.24) is 5.01 Å². The zero-order valence-electron chi connectivity index (χ0n) is 9.45. The largest absolute Gasteiger partial charge is 0.269 e. The lowest BCUT2D eigenvalue weighted by Crippen LogP contribution is -2.39. The number of aryl methyl sites for hydroxylation is 1. The number of hydrogen-bond donors (Lipinski definition) is 1. The molecule has 0 radical (unpaired) electrons. The molecule has 1 aliphatic rings. The zero-order valence-corrected chi connectivity index (χ0v) is 9.45. The Morgan fingerprint density at radius 2 is 1.93 bits per heavy atom. The molecule has 2 heteroatoms. The minimum Gasteiger partial charge on any atom is -0.269 e. The van der Waals surface area contributed by atoms with Gasteiger partial charge in [0.15, 0.2) is 0 Å². The van der Waals surface area contributed by atoms with E-state index >= 15 is 0 Å². The van der Waals surface area contributed by atoms with Crippen LogP contribution in [0.25, 0.3) is 0 Å². The van der Waals surface area contributed by atoms with Gasteiger partial charge in [0.05, 0.1) is 0 Å². The average Bonchev–Trinajstić information content (AvgIpc) is 2.25. The second-order valence-corrected chi connectivity index (χ2v) is 4.61. The van der Waals surface area contributed by atoms with Crippen LogP contribution in [0.2, 0.25) is 0 Å². The van der Waals surface area contributed by atoms with E-state index in [2.05, 4.69) is 31.2 Å². The number of rotatable bonds is 2. The first kappa shape index (κ1) is 10.7. The molecule has 0 bridgehead atoms. The monoisotopic (exact) mass is 204 g/mol. The lowest BCUT2D eigenvalue weighted by Gasteiger charge is -2.28. The Morgan fingerprint density at radius 3 is 2.60 bits per heavy atom. The van der Waals surface area contributed by atoms with Crippen molar-refractivity contribution < 1.29 is 0 Å². The third kappa shape index (κ3) is 2.80. The molecule has 0 spiro atoms. The highest BCUT2D eigenvalue weighted by atomic mass is 15.4. The molecule has 1 saturated heterocycles. The second-order valence-electron chi connectivity index (χ2n) is 4.61. The van der Waals surface area contributed by atoms with Crippen LogP contribution in [0.3, 0.4) is 0 Å². The molecule has 0 saturated carbocycles. The van der Waals surface area contributed by atoms with Crippen molar-refractivity contribution in [2.24, 2.45) is 11.8 Å². The molecule has 1 fully saturated rings. The summed E-state index contributed by atoms with van der Waals surface area (Å²) in [5, 5.41) is 1.94. The van der Waals surface area contributed by atoms with Gasteiger partial charge in [-0.2, -0.15) is 0 Å². The van der Waals surface area contributed by atoms with Gasteiger partial charge < -0.3 is 0 Å². The highest BCUT2D eigenvalue weighted by Gasteiger charge is 2.17. The Bertz CT molecular complexity index is 314. The second kappa shape index (κ2) is 4.77. The number of nitrogens with zero attached hydrogens (tertiary/aromatic N) is 1. The Morgan fingerprint density at radius 1 is 1.27 bits per heavy atom. The van der Waals surface area contributed by atoms with E-state index in [1.165, 1.54) is 30.4 Å². The molecule has 1 heterocycles. The number of piperidine rings is 1. The van der Waals surface area contributed by atoms with Crippen molar-refractivity contribution in [3.63, 3.8) is 0 Å². The summed E-state index contributed by atoms with van der Waals surface area (Å²) < 4.78 is 0. The van der Waals surface area contributed by atoms with E-state index in [0.717, 1.165) is 19.0 Å². The minimum absolute atomic E-state index is 0.825. The van der Waals surface area contributed by atoms with Crippen molar-refractivity contribution in [1.29, 1.82) is 0 Å². The smallest absolute Gasteiger partial charge is 0.0131 e. The molecule has 2 nitrogen and oxygen atoms in total. The van der Waals surface area contributed by atoms with E-state index in [0.29, 0.717) is 0 Å². The molecule has 15 heavy (non-hydrogen) atoms. The molecule has 0 amide bonds. The van der Waals surface area contributed by atoms with Crippen LogP contribution in [0.1, 0.15) is 24.0 Å². The van der Waals surface area contributed by atoms with E-state index in [9.17, 15) is 0 Å². The summed E-state index contributed by atoms with van der Waals surface area (Å²) in [6.45, 7) is 4.31. The van der Waals surface area contributed by atoms with Crippen LogP contribution >= 0.6 is 0 Å². The number of hydrazine groups is 1. The molecule has 0 aliphatic carbocycles. The van der Waals surface area contributed by atoms with Crippen molar-refractivity contribution in [2.75, 3.05) is 13.1 Å². The van der Waals surface area contributed by atoms with Crippen LogP contribution in [0.4, 0.5) is 0 Å². The third-order valence-corrected chi connectivity index (χ3v) is 3.42. The average molecular weight is 204 g/mol. The van der Waals surface area contributed by atoms with Gasteiger partial charge in [-0.15, -0.1) is 0 Å². The molecular weight excluding hydrogens is 184 g/mol. The van der Waals surface area contributed by atoms with Crippen LogP contribution in [0.5, 0.6) is 0 Å². The SMILES string of the molecule is Cc1ccccc1CC1CCN(N)CC1. The van der Waals surface area contributed by atoms with Crippen molar-refractivity contribution in [2.45, 2.75) is 26.2 Å². The van der Waals surface area contributed by atoms with Gasteiger partial charge in [-0.05, 0) is 43.2 Å². The van der Waals surface area contributed by atoms with Gasteiger partial charge >= 0.3 is 0 Å². The van der Waals surface area contributed by atoms with E-state index in [1.54, 1.807) is 0 Å². The van der Waals surface area contributed by atoms with Crippen LogP contribution in [0.15, 0.2) is 24.3 Å². The van der Waals surface area contributed by atoms with Crippen LogP contribution in [0, 0.1) is 12.8 Å². The van der Waals surface area contributed by atoms with Crippen molar-refractivity contribution in [3.05, 3.63) is 35.4 Å². The summed E-state index contributed by atoms with van der Waals surface area (Å²) in [7, 11) is 0. The Hall–Kier alpha value is -0.860. The lowest BCUT2D eigenvalue weighted by molar-refractivity contribution is 0.187. The van der Waals surface area contributed by atoms with Gasteiger partial charge in [0.2, 0.25) is 0 Å². The quantitative estimate of drug-likeness (QED) is 0.748. The van der Waals surface area contributed by atoms with Crippen LogP contribution in [-0.2, 0) is 6.42 Å². The van der Waals surface area contributed by atoms with Crippen LogP contribution < -0.4 is 5.84 Å². The summed E-state index contributed by atoms with van der Waals surface area (Å²) in [6, 6.07) is 8.71. The predicted octanol–water partition coefficient (Wildman–Crippen LogP) is 2.12. The molecule has 0 atom stereocenters.